The molecule has 0 spiro atoms. The predicted molar refractivity (Wildman–Crippen MR) is 172 cm³/mol. The van der Waals surface area contributed by atoms with E-state index in [-0.39, 0.29) is 35.7 Å². The normalized spacial score (nSPS) is 18.6. The molecule has 2 saturated heterocycles. The molecule has 2 aliphatic rings. The fourth-order valence-electron chi connectivity index (χ4n) is 5.86. The Morgan fingerprint density at radius 2 is 1.49 bits per heavy atom. The third-order valence-corrected chi connectivity index (χ3v) is 8.35. The molecule has 2 aromatic rings. The zero-order valence-electron chi connectivity index (χ0n) is 27.8. The summed E-state index contributed by atoms with van der Waals surface area (Å²) in [5, 5.41) is 5.21. The molecule has 2 aromatic heterocycles. The van der Waals surface area contributed by atoms with Crippen molar-refractivity contribution in [1.82, 2.24) is 35.1 Å². The Kier molecular flexibility index (Phi) is 11.9. The molecular formula is C33H44N8O6. The number of nitrogens with one attached hydrogen (secondary N) is 4. The maximum absolute atomic E-state index is 13.6. The van der Waals surface area contributed by atoms with E-state index in [1.807, 2.05) is 27.7 Å². The Morgan fingerprint density at radius 1 is 0.872 bits per heavy atom. The van der Waals surface area contributed by atoms with Gasteiger partial charge in [0.2, 0.25) is 11.8 Å². The van der Waals surface area contributed by atoms with E-state index in [4.69, 9.17) is 4.74 Å². The average Bonchev–Trinajstić information content (AvgIpc) is 3.87. The number of aromatic nitrogens is 4. The molecule has 0 aromatic carbocycles. The van der Waals surface area contributed by atoms with Crippen LogP contribution in [-0.4, -0.2) is 87.1 Å². The number of ether oxygens (including phenoxy) is 2. The van der Waals surface area contributed by atoms with Gasteiger partial charge >= 0.3 is 12.2 Å². The average molecular weight is 649 g/mol. The summed E-state index contributed by atoms with van der Waals surface area (Å²) in [5.74, 6) is 12.6. The lowest BCUT2D eigenvalue weighted by Gasteiger charge is -2.30. The molecule has 4 atom stereocenters. The van der Waals surface area contributed by atoms with Crippen LogP contribution in [0.4, 0.5) is 15.4 Å². The third-order valence-electron chi connectivity index (χ3n) is 8.35. The summed E-state index contributed by atoms with van der Waals surface area (Å²) in [6, 6.07) is -1.17. The molecule has 14 heteroatoms. The number of carbonyl (C=O) groups excluding carboxylic acids is 4. The second-order valence-electron chi connectivity index (χ2n) is 12.3. The van der Waals surface area contributed by atoms with Crippen LogP contribution in [-0.2, 0) is 25.5 Å². The molecule has 0 bridgehead atoms. The number of amides is 4. The molecule has 2 aliphatic heterocycles. The van der Waals surface area contributed by atoms with Gasteiger partial charge in [-0.2, -0.15) is 0 Å². The van der Waals surface area contributed by atoms with E-state index < -0.39 is 24.1 Å². The van der Waals surface area contributed by atoms with Crippen LogP contribution in [0.15, 0.2) is 12.4 Å². The number of aromatic amines is 2. The van der Waals surface area contributed by atoms with Crippen LogP contribution < -0.4 is 10.6 Å². The van der Waals surface area contributed by atoms with Crippen LogP contribution in [0.5, 0.6) is 0 Å². The lowest BCUT2D eigenvalue weighted by Crippen LogP contribution is -2.51. The van der Waals surface area contributed by atoms with E-state index in [1.165, 1.54) is 20.4 Å². The zero-order valence-corrected chi connectivity index (χ0v) is 27.8. The summed E-state index contributed by atoms with van der Waals surface area (Å²) in [6.45, 7) is 8.83. The largest absolute Gasteiger partial charge is 0.453 e. The van der Waals surface area contributed by atoms with Gasteiger partial charge in [0.1, 0.15) is 29.4 Å². The van der Waals surface area contributed by atoms with Crippen molar-refractivity contribution in [2.45, 2.75) is 77.9 Å². The number of imidazole rings is 2. The fourth-order valence-corrected chi connectivity index (χ4v) is 5.86. The highest BCUT2D eigenvalue weighted by Gasteiger charge is 2.38. The van der Waals surface area contributed by atoms with E-state index in [9.17, 15) is 19.2 Å². The lowest BCUT2D eigenvalue weighted by atomic mass is 9.94. The number of alkyl carbamates (subject to hydrolysis) is 1. The minimum Gasteiger partial charge on any atom is -0.453 e. The summed E-state index contributed by atoms with van der Waals surface area (Å²) in [5.41, 5.74) is 0.789. The molecule has 252 valence electrons. The SMILES string of the molecule is COC(=O)Nc1cnc([C@@H]2CCCN2C(=O)[C@H](C#CC#CCc2cnc(C3CCCN3C(=O)C(NC(=O)OC)C(C)C)[nH]2)C(C)C)[nH]1. The summed E-state index contributed by atoms with van der Waals surface area (Å²) < 4.78 is 9.33. The number of rotatable bonds is 9. The minimum absolute atomic E-state index is 0.0310. The van der Waals surface area contributed by atoms with Crippen molar-refractivity contribution in [2.75, 3.05) is 32.6 Å². The molecule has 47 heavy (non-hydrogen) atoms. The molecule has 4 amide bonds. The van der Waals surface area contributed by atoms with Crippen molar-refractivity contribution in [3.8, 4) is 23.7 Å². The van der Waals surface area contributed by atoms with Crippen LogP contribution >= 0.6 is 0 Å². The Bertz CT molecular complexity index is 1560. The van der Waals surface area contributed by atoms with Crippen LogP contribution in [0.25, 0.3) is 0 Å². The number of methoxy groups -OCH3 is 2. The quantitative estimate of drug-likeness (QED) is 0.299. The number of likely N-dealkylation sites (tertiary alicyclic amines) is 2. The molecule has 2 unspecified atom stereocenters. The number of nitrogens with zero attached hydrogens (tertiary/aromatic N) is 4. The maximum Gasteiger partial charge on any atom is 0.412 e. The lowest BCUT2D eigenvalue weighted by molar-refractivity contribution is -0.136. The first-order chi connectivity index (χ1) is 22.5. The topological polar surface area (TPSA) is 175 Å². The Labute approximate surface area is 275 Å². The standard InChI is InChI=1S/C33H44N8O6/c1-20(2)23(30(42)40-16-10-15-25(40)29-35-19-26(37-29)38-32(44)46-5)13-9-7-8-12-22-18-34-28(36-22)24-14-11-17-41(24)31(43)27(21(3)4)39-33(45)47-6/h18-21,23-25,27H,10-12,14-17H2,1-6H3,(H,34,36)(H,35,37)(H,38,44)(H,39,45)/t23-,24?,25+,27?/m1/s1. The second kappa shape index (κ2) is 16.0. The van der Waals surface area contributed by atoms with Gasteiger partial charge in [-0.25, -0.2) is 19.6 Å². The first-order valence-electron chi connectivity index (χ1n) is 15.9. The molecule has 4 rings (SSSR count). The molecule has 0 aliphatic carbocycles. The van der Waals surface area contributed by atoms with Crippen molar-refractivity contribution in [1.29, 1.82) is 0 Å². The van der Waals surface area contributed by atoms with E-state index in [1.54, 1.807) is 16.0 Å². The first-order valence-corrected chi connectivity index (χ1v) is 15.9. The number of hydrogen-bond acceptors (Lipinski definition) is 8. The first kappa shape index (κ1) is 34.9. The van der Waals surface area contributed by atoms with Gasteiger partial charge in [-0.15, -0.1) is 0 Å². The van der Waals surface area contributed by atoms with Crippen LogP contribution in [0.2, 0.25) is 0 Å². The Hall–Kier alpha value is -4.98. The highest BCUT2D eigenvalue weighted by atomic mass is 16.5. The zero-order chi connectivity index (χ0) is 34.1. The molecule has 4 N–H and O–H groups in total. The highest BCUT2D eigenvalue weighted by molar-refractivity contribution is 5.86. The monoisotopic (exact) mass is 648 g/mol. The summed E-state index contributed by atoms with van der Waals surface area (Å²) in [7, 11) is 2.55. The number of anilines is 1. The van der Waals surface area contributed by atoms with Gasteiger partial charge in [0.15, 0.2) is 0 Å². The van der Waals surface area contributed by atoms with Gasteiger partial charge in [-0.1, -0.05) is 39.5 Å². The molecular weight excluding hydrogens is 604 g/mol. The van der Waals surface area contributed by atoms with E-state index in [0.717, 1.165) is 31.4 Å². The van der Waals surface area contributed by atoms with Gasteiger partial charge in [-0.05, 0) is 49.4 Å². The smallest absolute Gasteiger partial charge is 0.412 e. The Balaban J connectivity index is 1.38. The number of H-pyrrole nitrogens is 2. The van der Waals surface area contributed by atoms with Crippen LogP contribution in [0.3, 0.4) is 0 Å². The maximum atomic E-state index is 13.6. The van der Waals surface area contributed by atoms with Gasteiger partial charge in [0, 0.05) is 25.0 Å². The number of hydrogen-bond donors (Lipinski definition) is 4. The van der Waals surface area contributed by atoms with E-state index in [2.05, 4.69) is 59.0 Å². The second-order valence-corrected chi connectivity index (χ2v) is 12.3. The van der Waals surface area contributed by atoms with Gasteiger partial charge in [0.05, 0.1) is 38.9 Å². The van der Waals surface area contributed by atoms with E-state index in [0.29, 0.717) is 37.0 Å². The van der Waals surface area contributed by atoms with Crippen LogP contribution in [0, 0.1) is 41.4 Å². The van der Waals surface area contributed by atoms with Crippen molar-refractivity contribution >= 4 is 29.8 Å². The summed E-state index contributed by atoms with van der Waals surface area (Å²) in [6.07, 6.45) is 5.49. The van der Waals surface area contributed by atoms with Crippen molar-refractivity contribution in [3.05, 3.63) is 29.7 Å². The highest BCUT2D eigenvalue weighted by Crippen LogP contribution is 2.33. The van der Waals surface area contributed by atoms with Crippen LogP contribution in [0.1, 0.15) is 82.8 Å². The van der Waals surface area contributed by atoms with Gasteiger partial charge in [-0.3, -0.25) is 14.9 Å². The molecule has 2 fully saturated rings. The minimum atomic E-state index is -0.701. The molecule has 14 nitrogen and oxygen atoms in total. The van der Waals surface area contributed by atoms with Crippen molar-refractivity contribution in [2.24, 2.45) is 17.8 Å². The molecule has 4 heterocycles. The summed E-state index contributed by atoms with van der Waals surface area (Å²) >= 11 is 0. The van der Waals surface area contributed by atoms with Crippen molar-refractivity contribution in [3.63, 3.8) is 0 Å². The Morgan fingerprint density at radius 3 is 2.11 bits per heavy atom. The molecule has 0 saturated carbocycles. The fraction of sp³-hybridized carbons (Fsp3) is 0.576. The molecule has 0 radical (unpaired) electrons. The summed E-state index contributed by atoms with van der Waals surface area (Å²) in [4.78, 5) is 69.2. The van der Waals surface area contributed by atoms with Gasteiger partial charge < -0.3 is 34.6 Å². The van der Waals surface area contributed by atoms with Crippen molar-refractivity contribution < 1.29 is 28.7 Å². The van der Waals surface area contributed by atoms with E-state index >= 15 is 0 Å². The third kappa shape index (κ3) is 8.64. The number of carbonyl (C=O) groups is 4. The predicted octanol–water partition coefficient (Wildman–Crippen LogP) is 3.54. The van der Waals surface area contributed by atoms with Gasteiger partial charge in [0.25, 0.3) is 0 Å².